The molecule has 3 aromatic carbocycles. The standard InChI is InChI=1S/C23H18BrFINO2/c24-20-13-19(26)12-17-9-10-21(16-7-4-8-18(25)11-16)27(22(17)20)23(28)29-14-15-5-2-1-3-6-15/h1-8,11-13,21H,9-10,14H2. The van der Waals surface area contributed by atoms with E-state index in [1.165, 1.54) is 12.1 Å². The number of carbonyl (C=O) groups excluding carboxylic acids is 1. The van der Waals surface area contributed by atoms with E-state index in [0.717, 1.165) is 36.8 Å². The predicted octanol–water partition coefficient (Wildman–Crippen LogP) is 7.02. The topological polar surface area (TPSA) is 29.5 Å². The largest absolute Gasteiger partial charge is 0.444 e. The number of carbonyl (C=O) groups is 1. The molecule has 0 fully saturated rings. The van der Waals surface area contributed by atoms with Crippen molar-refractivity contribution in [2.45, 2.75) is 25.5 Å². The molecule has 4 rings (SSSR count). The number of fused-ring (bicyclic) bond motifs is 1. The number of rotatable bonds is 3. The summed E-state index contributed by atoms with van der Waals surface area (Å²) in [6.45, 7) is 0.184. The van der Waals surface area contributed by atoms with Gasteiger partial charge in [0, 0.05) is 8.04 Å². The molecule has 0 bridgehead atoms. The van der Waals surface area contributed by atoms with E-state index in [0.29, 0.717) is 6.42 Å². The lowest BCUT2D eigenvalue weighted by Crippen LogP contribution is -2.39. The van der Waals surface area contributed by atoms with Crippen LogP contribution in [0.5, 0.6) is 0 Å². The lowest BCUT2D eigenvalue weighted by atomic mass is 9.91. The number of halogens is 3. The van der Waals surface area contributed by atoms with Gasteiger partial charge in [-0.05, 0) is 92.3 Å². The summed E-state index contributed by atoms with van der Waals surface area (Å²) in [7, 11) is 0. The third-order valence-electron chi connectivity index (χ3n) is 4.98. The molecule has 148 valence electrons. The smallest absolute Gasteiger partial charge is 0.415 e. The molecule has 0 saturated carbocycles. The molecule has 0 spiro atoms. The van der Waals surface area contributed by atoms with E-state index in [-0.39, 0.29) is 18.5 Å². The molecule has 1 aliphatic heterocycles. The van der Waals surface area contributed by atoms with E-state index in [1.54, 1.807) is 11.0 Å². The molecule has 0 N–H and O–H groups in total. The molecule has 1 heterocycles. The van der Waals surface area contributed by atoms with Gasteiger partial charge in [0.05, 0.1) is 11.7 Å². The number of nitrogens with zero attached hydrogens (tertiary/aromatic N) is 1. The van der Waals surface area contributed by atoms with Gasteiger partial charge in [0.2, 0.25) is 0 Å². The molecule has 6 heteroatoms. The average molecular weight is 566 g/mol. The second kappa shape index (κ2) is 8.83. The molecule has 0 aliphatic carbocycles. The van der Waals surface area contributed by atoms with Crippen LogP contribution in [0.2, 0.25) is 0 Å². The predicted molar refractivity (Wildman–Crippen MR) is 123 cm³/mol. The Morgan fingerprint density at radius 2 is 1.93 bits per heavy atom. The van der Waals surface area contributed by atoms with Crippen molar-refractivity contribution in [2.75, 3.05) is 4.90 Å². The van der Waals surface area contributed by atoms with Gasteiger partial charge in [-0.3, -0.25) is 4.90 Å². The van der Waals surface area contributed by atoms with Crippen molar-refractivity contribution in [3.8, 4) is 0 Å². The van der Waals surface area contributed by atoms with E-state index in [1.807, 2.05) is 42.5 Å². The maximum Gasteiger partial charge on any atom is 0.415 e. The second-order valence-corrected chi connectivity index (χ2v) is 9.01. The first-order valence-corrected chi connectivity index (χ1v) is 11.1. The molecule has 3 nitrogen and oxygen atoms in total. The first-order valence-electron chi connectivity index (χ1n) is 9.26. The van der Waals surface area contributed by atoms with Gasteiger partial charge in [0.25, 0.3) is 0 Å². The monoisotopic (exact) mass is 565 g/mol. The molecular formula is C23H18BrFINO2. The van der Waals surface area contributed by atoms with Crippen molar-refractivity contribution >= 4 is 50.3 Å². The van der Waals surface area contributed by atoms with Gasteiger partial charge in [-0.25, -0.2) is 9.18 Å². The molecule has 0 radical (unpaired) electrons. The maximum absolute atomic E-state index is 13.9. The maximum atomic E-state index is 13.9. The van der Waals surface area contributed by atoms with Crippen LogP contribution in [-0.2, 0) is 17.8 Å². The highest BCUT2D eigenvalue weighted by atomic mass is 127. The number of hydrogen-bond acceptors (Lipinski definition) is 2. The van der Waals surface area contributed by atoms with Crippen molar-refractivity contribution in [1.82, 2.24) is 0 Å². The van der Waals surface area contributed by atoms with Crippen molar-refractivity contribution < 1.29 is 13.9 Å². The Labute approximate surface area is 191 Å². The van der Waals surface area contributed by atoms with Crippen LogP contribution in [0.3, 0.4) is 0 Å². The van der Waals surface area contributed by atoms with Crippen LogP contribution in [0.4, 0.5) is 14.9 Å². The highest BCUT2D eigenvalue weighted by Gasteiger charge is 2.35. The molecule has 1 unspecified atom stereocenters. The number of anilines is 1. The molecule has 3 aromatic rings. The fourth-order valence-corrected chi connectivity index (χ4v) is 5.50. The molecule has 1 atom stereocenters. The van der Waals surface area contributed by atoms with Gasteiger partial charge in [-0.2, -0.15) is 0 Å². The third kappa shape index (κ3) is 4.48. The number of aryl methyl sites for hydroxylation is 1. The minimum atomic E-state index is -0.439. The molecule has 1 amide bonds. The number of benzene rings is 3. The first kappa shape index (κ1) is 20.3. The van der Waals surface area contributed by atoms with Gasteiger partial charge in [0.15, 0.2) is 0 Å². The van der Waals surface area contributed by atoms with E-state index < -0.39 is 6.09 Å². The Morgan fingerprint density at radius 3 is 2.69 bits per heavy atom. The van der Waals surface area contributed by atoms with Crippen LogP contribution in [0.1, 0.15) is 29.2 Å². The summed E-state index contributed by atoms with van der Waals surface area (Å²) in [5.41, 5.74) is 3.55. The Hall–Kier alpha value is -1.93. The highest BCUT2D eigenvalue weighted by molar-refractivity contribution is 14.1. The van der Waals surface area contributed by atoms with Crippen molar-refractivity contribution in [1.29, 1.82) is 0 Å². The zero-order chi connectivity index (χ0) is 20.4. The van der Waals surface area contributed by atoms with Crippen LogP contribution >= 0.6 is 38.5 Å². The van der Waals surface area contributed by atoms with Gasteiger partial charge >= 0.3 is 6.09 Å². The molecule has 0 aromatic heterocycles. The van der Waals surface area contributed by atoms with Crippen molar-refractivity contribution in [3.63, 3.8) is 0 Å². The summed E-state index contributed by atoms with van der Waals surface area (Å²) in [6, 6.07) is 19.8. The van der Waals surface area contributed by atoms with Gasteiger partial charge in [0.1, 0.15) is 12.4 Å². The number of hydrogen-bond donors (Lipinski definition) is 0. The summed E-state index contributed by atoms with van der Waals surface area (Å²) in [5, 5.41) is 0. The second-order valence-electron chi connectivity index (χ2n) is 6.92. The fourth-order valence-electron chi connectivity index (χ4n) is 3.69. The Morgan fingerprint density at radius 1 is 1.14 bits per heavy atom. The van der Waals surface area contributed by atoms with E-state index in [2.05, 4.69) is 44.6 Å². The zero-order valence-electron chi connectivity index (χ0n) is 15.4. The highest BCUT2D eigenvalue weighted by Crippen LogP contribution is 2.44. The zero-order valence-corrected chi connectivity index (χ0v) is 19.2. The Kier molecular flexibility index (Phi) is 6.20. The van der Waals surface area contributed by atoms with Crippen LogP contribution in [0, 0.1) is 9.39 Å². The summed E-state index contributed by atoms with van der Waals surface area (Å²) < 4.78 is 21.5. The number of ether oxygens (including phenoxy) is 1. The van der Waals surface area contributed by atoms with Crippen LogP contribution in [0.15, 0.2) is 71.2 Å². The number of amides is 1. The van der Waals surface area contributed by atoms with E-state index in [9.17, 15) is 9.18 Å². The SMILES string of the molecule is O=C(OCc1ccccc1)N1c2c(Br)cc(I)cc2CCC1c1cccc(F)c1. The summed E-state index contributed by atoms with van der Waals surface area (Å²) in [6.07, 6.45) is 1.06. The fraction of sp³-hybridized carbons (Fsp3) is 0.174. The van der Waals surface area contributed by atoms with Gasteiger partial charge in [-0.1, -0.05) is 42.5 Å². The summed E-state index contributed by atoms with van der Waals surface area (Å²) in [5.74, 6) is -0.312. The summed E-state index contributed by atoms with van der Waals surface area (Å²) in [4.78, 5) is 14.9. The Balaban J connectivity index is 1.71. The van der Waals surface area contributed by atoms with E-state index in [4.69, 9.17) is 4.74 Å². The average Bonchev–Trinajstić information content (AvgIpc) is 2.72. The van der Waals surface area contributed by atoms with E-state index >= 15 is 0 Å². The van der Waals surface area contributed by atoms with Crippen LogP contribution < -0.4 is 4.90 Å². The summed E-state index contributed by atoms with van der Waals surface area (Å²) >= 11 is 5.89. The minimum absolute atomic E-state index is 0.184. The molecular weight excluding hydrogens is 548 g/mol. The van der Waals surface area contributed by atoms with Crippen molar-refractivity contribution in [3.05, 3.63) is 97.3 Å². The Bertz CT molecular complexity index is 1040. The lowest BCUT2D eigenvalue weighted by Gasteiger charge is -2.37. The third-order valence-corrected chi connectivity index (χ3v) is 6.21. The minimum Gasteiger partial charge on any atom is -0.444 e. The van der Waals surface area contributed by atoms with Crippen LogP contribution in [-0.4, -0.2) is 6.09 Å². The molecule has 1 aliphatic rings. The normalized spacial score (nSPS) is 15.7. The quantitative estimate of drug-likeness (QED) is 0.319. The van der Waals surface area contributed by atoms with Gasteiger partial charge in [-0.15, -0.1) is 0 Å². The molecule has 29 heavy (non-hydrogen) atoms. The van der Waals surface area contributed by atoms with Gasteiger partial charge < -0.3 is 4.74 Å². The molecule has 0 saturated heterocycles. The van der Waals surface area contributed by atoms with Crippen LogP contribution in [0.25, 0.3) is 0 Å². The van der Waals surface area contributed by atoms with Crippen molar-refractivity contribution in [2.24, 2.45) is 0 Å². The lowest BCUT2D eigenvalue weighted by molar-refractivity contribution is 0.143. The first-order chi connectivity index (χ1) is 14.0.